The Hall–Kier alpha value is -1.80. The first-order chi connectivity index (χ1) is 10.2. The first-order valence-electron chi connectivity index (χ1n) is 7.68. The van der Waals surface area contributed by atoms with Crippen molar-refractivity contribution in [1.82, 2.24) is 5.32 Å². The Kier molecular flexibility index (Phi) is 3.98. The lowest BCUT2D eigenvalue weighted by Gasteiger charge is -2.19. The Morgan fingerprint density at radius 2 is 1.76 bits per heavy atom. The Morgan fingerprint density at radius 3 is 2.43 bits per heavy atom. The van der Waals surface area contributed by atoms with E-state index in [-0.39, 0.29) is 6.04 Å². The number of hydrogen-bond donors (Lipinski definition) is 1. The predicted octanol–water partition coefficient (Wildman–Crippen LogP) is 4.15. The smallest absolute Gasteiger partial charge is 0.120 e. The van der Waals surface area contributed by atoms with Crippen LogP contribution in [0.3, 0.4) is 0 Å². The van der Waals surface area contributed by atoms with E-state index in [1.165, 1.54) is 35.1 Å². The summed E-state index contributed by atoms with van der Waals surface area (Å²) in [7, 11) is 2.01. The molecule has 0 spiro atoms. The molecule has 0 aromatic heterocycles. The van der Waals surface area contributed by atoms with Crippen molar-refractivity contribution in [2.45, 2.75) is 38.8 Å². The minimum atomic E-state index is 0.201. The number of rotatable bonds is 5. The molecule has 0 bridgehead atoms. The van der Waals surface area contributed by atoms with Crippen LogP contribution >= 0.6 is 0 Å². The van der Waals surface area contributed by atoms with E-state index in [0.717, 1.165) is 5.75 Å². The number of aryl methyl sites for hydroxylation is 2. The van der Waals surface area contributed by atoms with Gasteiger partial charge in [0.05, 0.1) is 12.1 Å². The van der Waals surface area contributed by atoms with Crippen LogP contribution in [0.4, 0.5) is 0 Å². The summed E-state index contributed by atoms with van der Waals surface area (Å²) in [4.78, 5) is 0. The van der Waals surface area contributed by atoms with Crippen LogP contribution < -0.4 is 10.1 Å². The zero-order valence-electron chi connectivity index (χ0n) is 13.0. The van der Waals surface area contributed by atoms with Gasteiger partial charge >= 0.3 is 0 Å². The highest BCUT2D eigenvalue weighted by atomic mass is 16.5. The first-order valence-corrected chi connectivity index (χ1v) is 7.68. The Morgan fingerprint density at radius 1 is 1.00 bits per heavy atom. The van der Waals surface area contributed by atoms with Gasteiger partial charge in [-0.1, -0.05) is 30.3 Å². The van der Waals surface area contributed by atoms with Gasteiger partial charge in [-0.2, -0.15) is 0 Å². The molecule has 1 N–H and O–H groups in total. The number of hydrogen-bond acceptors (Lipinski definition) is 2. The third kappa shape index (κ3) is 3.27. The molecular formula is C19H23NO. The SMILES string of the molecule is CNC(c1cccc(OC2CC2)c1)c1ccc(C)c(C)c1. The van der Waals surface area contributed by atoms with Crippen molar-refractivity contribution in [3.63, 3.8) is 0 Å². The van der Waals surface area contributed by atoms with Gasteiger partial charge < -0.3 is 10.1 Å². The molecule has 1 saturated carbocycles. The van der Waals surface area contributed by atoms with E-state index in [1.807, 2.05) is 7.05 Å². The summed E-state index contributed by atoms with van der Waals surface area (Å²) >= 11 is 0. The lowest BCUT2D eigenvalue weighted by molar-refractivity contribution is 0.302. The van der Waals surface area contributed by atoms with Crippen molar-refractivity contribution >= 4 is 0 Å². The molecule has 1 aliphatic rings. The maximum Gasteiger partial charge on any atom is 0.120 e. The van der Waals surface area contributed by atoms with Crippen LogP contribution in [0.25, 0.3) is 0 Å². The van der Waals surface area contributed by atoms with Crippen molar-refractivity contribution in [2.75, 3.05) is 7.05 Å². The molecule has 1 aliphatic carbocycles. The zero-order chi connectivity index (χ0) is 14.8. The van der Waals surface area contributed by atoms with Crippen LogP contribution in [0.5, 0.6) is 5.75 Å². The molecule has 0 radical (unpaired) electrons. The molecule has 3 rings (SSSR count). The predicted molar refractivity (Wildman–Crippen MR) is 86.9 cm³/mol. The largest absolute Gasteiger partial charge is 0.490 e. The van der Waals surface area contributed by atoms with Gasteiger partial charge in [0.1, 0.15) is 5.75 Å². The topological polar surface area (TPSA) is 21.3 Å². The minimum absolute atomic E-state index is 0.201. The molecule has 2 heteroatoms. The van der Waals surface area contributed by atoms with Crippen LogP contribution in [-0.4, -0.2) is 13.2 Å². The fourth-order valence-electron chi connectivity index (χ4n) is 2.62. The Bertz CT molecular complexity index is 631. The van der Waals surface area contributed by atoms with Crippen molar-refractivity contribution in [1.29, 1.82) is 0 Å². The van der Waals surface area contributed by atoms with Gasteiger partial charge in [-0.25, -0.2) is 0 Å². The lowest BCUT2D eigenvalue weighted by Crippen LogP contribution is -2.18. The quantitative estimate of drug-likeness (QED) is 0.889. The molecule has 2 nitrogen and oxygen atoms in total. The van der Waals surface area contributed by atoms with E-state index in [1.54, 1.807) is 0 Å². The molecule has 2 aromatic carbocycles. The van der Waals surface area contributed by atoms with Gasteiger partial charge in [0.2, 0.25) is 0 Å². The normalized spacial score (nSPS) is 15.8. The average Bonchev–Trinajstić information content (AvgIpc) is 3.28. The summed E-state index contributed by atoms with van der Waals surface area (Å²) in [6.07, 6.45) is 2.82. The minimum Gasteiger partial charge on any atom is -0.490 e. The molecule has 110 valence electrons. The molecule has 1 fully saturated rings. The van der Waals surface area contributed by atoms with Crippen molar-refractivity contribution in [2.24, 2.45) is 0 Å². The van der Waals surface area contributed by atoms with Crippen LogP contribution in [-0.2, 0) is 0 Å². The van der Waals surface area contributed by atoms with Crippen LogP contribution in [0, 0.1) is 13.8 Å². The molecule has 0 heterocycles. The van der Waals surface area contributed by atoms with E-state index in [9.17, 15) is 0 Å². The fourth-order valence-corrected chi connectivity index (χ4v) is 2.62. The Balaban J connectivity index is 1.89. The van der Waals surface area contributed by atoms with E-state index < -0.39 is 0 Å². The van der Waals surface area contributed by atoms with Gasteiger partial charge in [-0.15, -0.1) is 0 Å². The number of nitrogens with one attached hydrogen (secondary N) is 1. The van der Waals surface area contributed by atoms with Crippen molar-refractivity contribution in [3.05, 3.63) is 64.7 Å². The molecule has 2 aromatic rings. The summed E-state index contributed by atoms with van der Waals surface area (Å²) in [5.41, 5.74) is 5.21. The highest BCUT2D eigenvalue weighted by Gasteiger charge is 2.23. The molecule has 0 saturated heterocycles. The van der Waals surface area contributed by atoms with Crippen LogP contribution in [0.1, 0.15) is 41.1 Å². The van der Waals surface area contributed by atoms with Crippen LogP contribution in [0.15, 0.2) is 42.5 Å². The van der Waals surface area contributed by atoms with Crippen molar-refractivity contribution in [3.8, 4) is 5.75 Å². The van der Waals surface area contributed by atoms with E-state index in [4.69, 9.17) is 4.74 Å². The summed E-state index contributed by atoms with van der Waals surface area (Å²) in [6, 6.07) is 15.3. The molecule has 1 atom stereocenters. The summed E-state index contributed by atoms with van der Waals surface area (Å²) in [5, 5.41) is 3.42. The molecular weight excluding hydrogens is 258 g/mol. The third-order valence-electron chi connectivity index (χ3n) is 4.17. The van der Waals surface area contributed by atoms with Gasteiger partial charge in [0, 0.05) is 0 Å². The second-order valence-corrected chi connectivity index (χ2v) is 5.96. The van der Waals surface area contributed by atoms with Crippen LogP contribution in [0.2, 0.25) is 0 Å². The first kappa shape index (κ1) is 14.2. The van der Waals surface area contributed by atoms with Crippen molar-refractivity contribution < 1.29 is 4.74 Å². The summed E-state index contributed by atoms with van der Waals surface area (Å²) in [5.74, 6) is 0.985. The number of benzene rings is 2. The Labute approximate surface area is 127 Å². The summed E-state index contributed by atoms with van der Waals surface area (Å²) in [6.45, 7) is 4.32. The van der Waals surface area contributed by atoms with Gasteiger partial charge in [-0.05, 0) is 68.1 Å². The molecule has 0 aliphatic heterocycles. The maximum atomic E-state index is 5.91. The second-order valence-electron chi connectivity index (χ2n) is 5.96. The number of ether oxygens (including phenoxy) is 1. The third-order valence-corrected chi connectivity index (χ3v) is 4.17. The lowest BCUT2D eigenvalue weighted by atomic mass is 9.95. The monoisotopic (exact) mass is 281 g/mol. The van der Waals surface area contributed by atoms with E-state index in [2.05, 4.69) is 61.6 Å². The molecule has 1 unspecified atom stereocenters. The molecule has 0 amide bonds. The molecule has 21 heavy (non-hydrogen) atoms. The standard InChI is InChI=1S/C19H23NO/c1-13-7-8-16(11-14(13)2)19(20-3)15-5-4-6-18(12-15)21-17-9-10-17/h4-8,11-12,17,19-20H,9-10H2,1-3H3. The summed E-state index contributed by atoms with van der Waals surface area (Å²) < 4.78 is 5.91. The average molecular weight is 281 g/mol. The second kappa shape index (κ2) is 5.90. The van der Waals surface area contributed by atoms with E-state index >= 15 is 0 Å². The van der Waals surface area contributed by atoms with Gasteiger partial charge in [-0.3, -0.25) is 0 Å². The zero-order valence-corrected chi connectivity index (χ0v) is 13.0. The van der Waals surface area contributed by atoms with Gasteiger partial charge in [0.25, 0.3) is 0 Å². The highest BCUT2D eigenvalue weighted by molar-refractivity contribution is 5.39. The highest BCUT2D eigenvalue weighted by Crippen LogP contribution is 2.30. The van der Waals surface area contributed by atoms with E-state index in [0.29, 0.717) is 6.10 Å². The fraction of sp³-hybridized carbons (Fsp3) is 0.368. The maximum absolute atomic E-state index is 5.91. The van der Waals surface area contributed by atoms with Gasteiger partial charge in [0.15, 0.2) is 0 Å².